The summed E-state index contributed by atoms with van der Waals surface area (Å²) in [6.07, 6.45) is 0. The van der Waals surface area contributed by atoms with Crippen LogP contribution in [-0.2, 0) is 4.79 Å². The molecular weight excluding hydrogens is 310 g/mol. The van der Waals surface area contributed by atoms with Gasteiger partial charge in [0, 0.05) is 11.0 Å². The molecule has 5 heteroatoms. The molecule has 0 aliphatic rings. The first-order valence-electron chi connectivity index (χ1n) is 7.29. The second-order valence-corrected chi connectivity index (χ2v) is 6.54. The molecular formula is C18H21NO3S. The topological polar surface area (TPSA) is 47.6 Å². The highest BCUT2D eigenvalue weighted by Gasteiger charge is 2.16. The Labute approximate surface area is 141 Å². The Kier molecular flexibility index (Phi) is 5.93. The summed E-state index contributed by atoms with van der Waals surface area (Å²) in [5.41, 5.74) is 1.81. The molecule has 1 amide bonds. The molecule has 0 spiro atoms. The summed E-state index contributed by atoms with van der Waals surface area (Å²) < 4.78 is 10.5. The van der Waals surface area contributed by atoms with Crippen molar-refractivity contribution >= 4 is 23.4 Å². The number of carbonyl (C=O) groups is 1. The predicted molar refractivity (Wildman–Crippen MR) is 94.7 cm³/mol. The van der Waals surface area contributed by atoms with E-state index in [4.69, 9.17) is 9.47 Å². The largest absolute Gasteiger partial charge is 0.497 e. The summed E-state index contributed by atoms with van der Waals surface area (Å²) in [4.78, 5) is 13.5. The lowest BCUT2D eigenvalue weighted by Gasteiger charge is -2.15. The fourth-order valence-corrected chi connectivity index (χ4v) is 2.89. The van der Waals surface area contributed by atoms with Crippen molar-refractivity contribution in [2.24, 2.45) is 0 Å². The Morgan fingerprint density at radius 2 is 1.78 bits per heavy atom. The lowest BCUT2D eigenvalue weighted by atomic mass is 10.2. The Balaban J connectivity index is 2.07. The highest BCUT2D eigenvalue weighted by atomic mass is 32.2. The molecule has 0 heterocycles. The first-order valence-corrected chi connectivity index (χ1v) is 8.17. The van der Waals surface area contributed by atoms with E-state index in [0.29, 0.717) is 17.2 Å². The number of anilines is 1. The number of rotatable bonds is 6. The smallest absolute Gasteiger partial charge is 0.237 e. The van der Waals surface area contributed by atoms with Crippen LogP contribution in [0.2, 0.25) is 0 Å². The van der Waals surface area contributed by atoms with E-state index in [0.717, 1.165) is 4.90 Å². The van der Waals surface area contributed by atoms with Gasteiger partial charge < -0.3 is 14.8 Å². The summed E-state index contributed by atoms with van der Waals surface area (Å²) >= 11 is 1.52. The van der Waals surface area contributed by atoms with Crippen LogP contribution in [0.4, 0.5) is 5.69 Å². The van der Waals surface area contributed by atoms with E-state index in [9.17, 15) is 4.79 Å². The Morgan fingerprint density at radius 3 is 2.39 bits per heavy atom. The maximum Gasteiger partial charge on any atom is 0.237 e. The van der Waals surface area contributed by atoms with Crippen molar-refractivity contribution in [2.75, 3.05) is 19.5 Å². The van der Waals surface area contributed by atoms with Crippen LogP contribution in [0.25, 0.3) is 0 Å². The number of amides is 1. The molecule has 0 aliphatic carbocycles. The quantitative estimate of drug-likeness (QED) is 0.809. The number of aryl methyl sites for hydroxylation is 1. The van der Waals surface area contributed by atoms with Crippen molar-refractivity contribution in [1.82, 2.24) is 0 Å². The molecule has 0 saturated heterocycles. The minimum atomic E-state index is -0.228. The average molecular weight is 331 g/mol. The maximum atomic E-state index is 12.4. The Morgan fingerprint density at radius 1 is 1.09 bits per heavy atom. The molecule has 0 aliphatic heterocycles. The number of carbonyl (C=O) groups excluding carboxylic acids is 1. The molecule has 0 saturated carbocycles. The molecule has 122 valence electrons. The average Bonchev–Trinajstić information content (AvgIpc) is 2.56. The van der Waals surface area contributed by atoms with Crippen molar-refractivity contribution in [2.45, 2.75) is 24.0 Å². The maximum absolute atomic E-state index is 12.4. The van der Waals surface area contributed by atoms with Crippen molar-refractivity contribution in [1.29, 1.82) is 0 Å². The fraction of sp³-hybridized carbons (Fsp3) is 0.278. The van der Waals surface area contributed by atoms with Gasteiger partial charge in [-0.05, 0) is 38.1 Å². The molecule has 2 aromatic rings. The van der Waals surface area contributed by atoms with Crippen LogP contribution in [0.5, 0.6) is 11.5 Å². The van der Waals surface area contributed by atoms with Gasteiger partial charge in [-0.15, -0.1) is 11.8 Å². The number of hydrogen-bond acceptors (Lipinski definition) is 4. The van der Waals surface area contributed by atoms with Crippen LogP contribution in [-0.4, -0.2) is 25.4 Å². The fourth-order valence-electron chi connectivity index (χ4n) is 2.02. The summed E-state index contributed by atoms with van der Waals surface area (Å²) in [5.74, 6) is 1.19. The molecule has 0 radical (unpaired) electrons. The number of ether oxygens (including phenoxy) is 2. The number of hydrogen-bond donors (Lipinski definition) is 1. The second-order valence-electron chi connectivity index (χ2n) is 5.13. The molecule has 0 bridgehead atoms. The lowest BCUT2D eigenvalue weighted by Crippen LogP contribution is -2.22. The zero-order chi connectivity index (χ0) is 16.8. The van der Waals surface area contributed by atoms with E-state index in [2.05, 4.69) is 5.32 Å². The lowest BCUT2D eigenvalue weighted by molar-refractivity contribution is -0.115. The van der Waals surface area contributed by atoms with Crippen molar-refractivity contribution in [3.63, 3.8) is 0 Å². The first kappa shape index (κ1) is 17.2. The van der Waals surface area contributed by atoms with E-state index < -0.39 is 0 Å². The molecule has 2 aromatic carbocycles. The molecule has 23 heavy (non-hydrogen) atoms. The first-order chi connectivity index (χ1) is 11.0. The number of methoxy groups -OCH3 is 2. The van der Waals surface area contributed by atoms with E-state index in [1.807, 2.05) is 38.1 Å². The number of benzene rings is 2. The third-order valence-electron chi connectivity index (χ3n) is 3.37. The molecule has 1 N–H and O–H groups in total. The van der Waals surface area contributed by atoms with Gasteiger partial charge in [0.15, 0.2) is 0 Å². The van der Waals surface area contributed by atoms with Crippen LogP contribution in [0.3, 0.4) is 0 Å². The van der Waals surface area contributed by atoms with Gasteiger partial charge in [0.1, 0.15) is 11.5 Å². The van der Waals surface area contributed by atoms with Crippen molar-refractivity contribution in [3.05, 3.63) is 48.0 Å². The van der Waals surface area contributed by atoms with E-state index >= 15 is 0 Å². The van der Waals surface area contributed by atoms with Crippen molar-refractivity contribution < 1.29 is 14.3 Å². The van der Waals surface area contributed by atoms with Gasteiger partial charge in [-0.25, -0.2) is 0 Å². The molecule has 4 nitrogen and oxygen atoms in total. The normalized spacial score (nSPS) is 11.7. The highest BCUT2D eigenvalue weighted by molar-refractivity contribution is 8.00. The molecule has 0 fully saturated rings. The minimum Gasteiger partial charge on any atom is -0.497 e. The summed E-state index contributed by atoms with van der Waals surface area (Å²) in [5, 5.41) is 2.67. The number of thioether (sulfide) groups is 1. The van der Waals surface area contributed by atoms with Crippen LogP contribution < -0.4 is 14.8 Å². The highest BCUT2D eigenvalue weighted by Crippen LogP contribution is 2.30. The summed E-state index contributed by atoms with van der Waals surface area (Å²) in [6, 6.07) is 13.4. The molecule has 0 aromatic heterocycles. The molecule has 1 atom stereocenters. The van der Waals surface area contributed by atoms with E-state index in [1.54, 1.807) is 32.4 Å². The summed E-state index contributed by atoms with van der Waals surface area (Å²) in [6.45, 7) is 3.92. The standard InChI is InChI=1S/C18H21NO3S/c1-12-5-8-15(9-6-12)23-13(2)18(20)19-16-11-14(21-3)7-10-17(16)22-4/h5-11,13H,1-4H3,(H,19,20)/t13-/m1/s1. The van der Waals surface area contributed by atoms with Crippen LogP contribution in [0.15, 0.2) is 47.4 Å². The van der Waals surface area contributed by atoms with Gasteiger partial charge in [-0.2, -0.15) is 0 Å². The monoisotopic (exact) mass is 331 g/mol. The Bertz CT molecular complexity index is 670. The third kappa shape index (κ3) is 4.66. The van der Waals surface area contributed by atoms with Crippen molar-refractivity contribution in [3.8, 4) is 11.5 Å². The summed E-state index contributed by atoms with van der Waals surface area (Å²) in [7, 11) is 3.16. The zero-order valence-corrected chi connectivity index (χ0v) is 14.6. The molecule has 0 unspecified atom stereocenters. The number of nitrogens with one attached hydrogen (secondary N) is 1. The second kappa shape index (κ2) is 7.92. The van der Waals surface area contributed by atoms with Gasteiger partial charge in [-0.1, -0.05) is 17.7 Å². The zero-order valence-electron chi connectivity index (χ0n) is 13.8. The van der Waals surface area contributed by atoms with Crippen LogP contribution in [0, 0.1) is 6.92 Å². The van der Waals surface area contributed by atoms with Gasteiger partial charge in [0.25, 0.3) is 0 Å². The van der Waals surface area contributed by atoms with Gasteiger partial charge in [-0.3, -0.25) is 4.79 Å². The molecule has 2 rings (SSSR count). The Hall–Kier alpha value is -2.14. The minimum absolute atomic E-state index is 0.0814. The van der Waals surface area contributed by atoms with E-state index in [-0.39, 0.29) is 11.2 Å². The van der Waals surface area contributed by atoms with Crippen LogP contribution >= 0.6 is 11.8 Å². The van der Waals surface area contributed by atoms with Gasteiger partial charge in [0.2, 0.25) is 5.91 Å². The van der Waals surface area contributed by atoms with Gasteiger partial charge in [0.05, 0.1) is 25.2 Å². The predicted octanol–water partition coefficient (Wildman–Crippen LogP) is 4.13. The third-order valence-corrected chi connectivity index (χ3v) is 4.48. The van der Waals surface area contributed by atoms with E-state index in [1.165, 1.54) is 17.3 Å². The van der Waals surface area contributed by atoms with Gasteiger partial charge >= 0.3 is 0 Å². The van der Waals surface area contributed by atoms with Crippen LogP contribution in [0.1, 0.15) is 12.5 Å². The SMILES string of the molecule is COc1ccc(OC)c(NC(=O)[C@@H](C)Sc2ccc(C)cc2)c1.